The second kappa shape index (κ2) is 8.92. The van der Waals surface area contributed by atoms with Crippen molar-refractivity contribution in [1.82, 2.24) is 0 Å². The molecule has 0 aliphatic rings. The summed E-state index contributed by atoms with van der Waals surface area (Å²) in [5.41, 5.74) is 1.24. The molecule has 0 aliphatic carbocycles. The van der Waals surface area contributed by atoms with Crippen molar-refractivity contribution in [3.63, 3.8) is 0 Å². The van der Waals surface area contributed by atoms with Crippen molar-refractivity contribution in [3.8, 4) is 0 Å². The molecule has 0 fully saturated rings. The summed E-state index contributed by atoms with van der Waals surface area (Å²) in [7, 11) is 0. The van der Waals surface area contributed by atoms with Crippen LogP contribution in [0.4, 0.5) is 0 Å². The van der Waals surface area contributed by atoms with Crippen LogP contribution >= 0.6 is 0 Å². The highest BCUT2D eigenvalue weighted by molar-refractivity contribution is 5.13. The molecule has 0 heterocycles. The van der Waals surface area contributed by atoms with Crippen LogP contribution in [0.15, 0.2) is 43.0 Å². The molecule has 106 valence electrons. The molecule has 0 aromatic heterocycles. The lowest BCUT2D eigenvalue weighted by Gasteiger charge is -2.28. The standard InChI is InChI=1S/C18H28O/c1-5-7-13-17(6-2)18(15(3)4)19-14-16-11-9-8-10-12-16/h6,8-12,15,17-18H,2,5,7,13-14H2,1,3-4H3/t17-,18-/m1/s1. The topological polar surface area (TPSA) is 9.23 Å². The van der Waals surface area contributed by atoms with Crippen LogP contribution in [0.5, 0.6) is 0 Å². The highest BCUT2D eigenvalue weighted by Crippen LogP contribution is 2.24. The Bertz CT molecular complexity index is 342. The van der Waals surface area contributed by atoms with Crippen LogP contribution in [-0.2, 0) is 11.3 Å². The molecular weight excluding hydrogens is 232 g/mol. The number of unbranched alkanes of at least 4 members (excludes halogenated alkanes) is 1. The zero-order valence-electron chi connectivity index (χ0n) is 12.6. The fraction of sp³-hybridized carbons (Fsp3) is 0.556. The van der Waals surface area contributed by atoms with Crippen molar-refractivity contribution >= 4 is 0 Å². The van der Waals surface area contributed by atoms with E-state index in [1.807, 2.05) is 6.07 Å². The van der Waals surface area contributed by atoms with Crippen LogP contribution in [0.25, 0.3) is 0 Å². The molecule has 0 N–H and O–H groups in total. The lowest BCUT2D eigenvalue weighted by atomic mass is 9.89. The lowest BCUT2D eigenvalue weighted by Crippen LogP contribution is -2.28. The molecule has 1 aromatic rings. The minimum Gasteiger partial charge on any atom is -0.373 e. The smallest absolute Gasteiger partial charge is 0.0721 e. The summed E-state index contributed by atoms with van der Waals surface area (Å²) >= 11 is 0. The van der Waals surface area contributed by atoms with Crippen LogP contribution in [0.2, 0.25) is 0 Å². The maximum Gasteiger partial charge on any atom is 0.0721 e. The Hall–Kier alpha value is -1.08. The van der Waals surface area contributed by atoms with E-state index in [9.17, 15) is 0 Å². The van der Waals surface area contributed by atoms with E-state index < -0.39 is 0 Å². The van der Waals surface area contributed by atoms with Crippen LogP contribution in [0, 0.1) is 11.8 Å². The van der Waals surface area contributed by atoms with Gasteiger partial charge in [0.05, 0.1) is 12.7 Å². The van der Waals surface area contributed by atoms with E-state index in [1.165, 1.54) is 24.8 Å². The first-order valence-corrected chi connectivity index (χ1v) is 7.47. The molecule has 1 aromatic carbocycles. The monoisotopic (exact) mass is 260 g/mol. The normalized spacial score (nSPS) is 14.3. The van der Waals surface area contributed by atoms with Gasteiger partial charge in [-0.2, -0.15) is 0 Å². The first kappa shape index (κ1) is 16.0. The third-order valence-corrected chi connectivity index (χ3v) is 3.56. The van der Waals surface area contributed by atoms with Crippen molar-refractivity contribution in [2.24, 2.45) is 11.8 Å². The van der Waals surface area contributed by atoms with Gasteiger partial charge in [0.2, 0.25) is 0 Å². The van der Waals surface area contributed by atoms with E-state index in [1.54, 1.807) is 0 Å². The molecule has 1 rings (SSSR count). The van der Waals surface area contributed by atoms with Gasteiger partial charge in [0.25, 0.3) is 0 Å². The Morgan fingerprint density at radius 2 is 1.89 bits per heavy atom. The lowest BCUT2D eigenvalue weighted by molar-refractivity contribution is -0.0182. The average Bonchev–Trinajstić information content (AvgIpc) is 2.43. The molecular formula is C18H28O. The molecule has 1 nitrogen and oxygen atoms in total. The fourth-order valence-corrected chi connectivity index (χ4v) is 2.43. The number of rotatable bonds is 9. The minimum atomic E-state index is 0.268. The Kier molecular flexibility index (Phi) is 7.50. The summed E-state index contributed by atoms with van der Waals surface area (Å²) in [6, 6.07) is 10.4. The first-order valence-electron chi connectivity index (χ1n) is 7.47. The molecule has 0 bridgehead atoms. The van der Waals surface area contributed by atoms with Gasteiger partial charge < -0.3 is 4.74 Å². The minimum absolute atomic E-state index is 0.268. The summed E-state index contributed by atoms with van der Waals surface area (Å²) in [6.45, 7) is 11.4. The molecule has 0 unspecified atom stereocenters. The van der Waals surface area contributed by atoms with E-state index in [0.29, 0.717) is 18.4 Å². The summed E-state index contributed by atoms with van der Waals surface area (Å²) in [6.07, 6.45) is 6.00. The van der Waals surface area contributed by atoms with Crippen molar-refractivity contribution in [2.75, 3.05) is 0 Å². The number of hydrogen-bond acceptors (Lipinski definition) is 1. The van der Waals surface area contributed by atoms with Gasteiger partial charge in [0.15, 0.2) is 0 Å². The molecule has 19 heavy (non-hydrogen) atoms. The largest absolute Gasteiger partial charge is 0.373 e. The average molecular weight is 260 g/mol. The van der Waals surface area contributed by atoms with Gasteiger partial charge in [0.1, 0.15) is 0 Å². The molecule has 0 amide bonds. The molecule has 0 saturated heterocycles. The first-order chi connectivity index (χ1) is 9.19. The maximum atomic E-state index is 6.17. The third-order valence-electron chi connectivity index (χ3n) is 3.56. The summed E-state index contributed by atoms with van der Waals surface area (Å²) in [5.74, 6) is 0.979. The highest BCUT2D eigenvalue weighted by Gasteiger charge is 2.22. The molecule has 1 heteroatoms. The number of hydrogen-bond donors (Lipinski definition) is 0. The van der Waals surface area contributed by atoms with Crippen molar-refractivity contribution in [2.45, 2.75) is 52.7 Å². The molecule has 0 aliphatic heterocycles. The van der Waals surface area contributed by atoms with E-state index in [2.05, 4.69) is 57.7 Å². The van der Waals surface area contributed by atoms with Crippen molar-refractivity contribution < 1.29 is 4.74 Å². The van der Waals surface area contributed by atoms with Crippen LogP contribution in [0.3, 0.4) is 0 Å². The van der Waals surface area contributed by atoms with Crippen LogP contribution < -0.4 is 0 Å². The Labute approximate surface area is 118 Å². The SMILES string of the molecule is C=C[C@H](CCCC)[C@H](OCc1ccccc1)C(C)C. The number of benzene rings is 1. The second-order valence-corrected chi connectivity index (χ2v) is 5.55. The predicted octanol–water partition coefficient (Wildman–Crippen LogP) is 5.22. The molecule has 0 radical (unpaired) electrons. The Balaban J connectivity index is 2.58. The van der Waals surface area contributed by atoms with Crippen LogP contribution in [0.1, 0.15) is 45.6 Å². The van der Waals surface area contributed by atoms with Gasteiger partial charge in [-0.3, -0.25) is 0 Å². The van der Waals surface area contributed by atoms with Gasteiger partial charge in [-0.15, -0.1) is 6.58 Å². The quantitative estimate of drug-likeness (QED) is 0.553. The van der Waals surface area contributed by atoms with Crippen molar-refractivity contribution in [1.29, 1.82) is 0 Å². The van der Waals surface area contributed by atoms with Gasteiger partial charge in [-0.1, -0.05) is 70.0 Å². The van der Waals surface area contributed by atoms with E-state index in [4.69, 9.17) is 4.74 Å². The molecule has 2 atom stereocenters. The fourth-order valence-electron chi connectivity index (χ4n) is 2.43. The van der Waals surface area contributed by atoms with E-state index in [0.717, 1.165) is 0 Å². The second-order valence-electron chi connectivity index (χ2n) is 5.55. The van der Waals surface area contributed by atoms with Crippen molar-refractivity contribution in [3.05, 3.63) is 48.6 Å². The summed E-state index contributed by atoms with van der Waals surface area (Å²) in [5, 5.41) is 0. The highest BCUT2D eigenvalue weighted by atomic mass is 16.5. The van der Waals surface area contributed by atoms with Crippen LogP contribution in [-0.4, -0.2) is 6.10 Å². The molecule has 0 saturated carbocycles. The Morgan fingerprint density at radius 3 is 2.42 bits per heavy atom. The third kappa shape index (κ3) is 5.61. The van der Waals surface area contributed by atoms with Gasteiger partial charge in [-0.05, 0) is 17.9 Å². The van der Waals surface area contributed by atoms with E-state index in [-0.39, 0.29) is 6.10 Å². The maximum absolute atomic E-state index is 6.17. The molecule has 0 spiro atoms. The van der Waals surface area contributed by atoms with E-state index >= 15 is 0 Å². The van der Waals surface area contributed by atoms with Gasteiger partial charge in [0, 0.05) is 5.92 Å². The Morgan fingerprint density at radius 1 is 1.21 bits per heavy atom. The number of ether oxygens (including phenoxy) is 1. The summed E-state index contributed by atoms with van der Waals surface area (Å²) < 4.78 is 6.17. The predicted molar refractivity (Wildman–Crippen MR) is 83.1 cm³/mol. The zero-order valence-corrected chi connectivity index (χ0v) is 12.6. The summed E-state index contributed by atoms with van der Waals surface area (Å²) in [4.78, 5) is 0. The van der Waals surface area contributed by atoms with Gasteiger partial charge >= 0.3 is 0 Å². The zero-order chi connectivity index (χ0) is 14.1. The van der Waals surface area contributed by atoms with Gasteiger partial charge in [-0.25, -0.2) is 0 Å².